The number of hydrazine groups is 1. The van der Waals surface area contributed by atoms with Gasteiger partial charge in [0.15, 0.2) is 0 Å². The molecule has 142 valence electrons. The lowest BCUT2D eigenvalue weighted by atomic mass is 10.1. The van der Waals surface area contributed by atoms with Crippen LogP contribution in [0.5, 0.6) is 5.75 Å². The highest BCUT2D eigenvalue weighted by molar-refractivity contribution is 6.31. The van der Waals surface area contributed by atoms with E-state index in [9.17, 15) is 9.59 Å². The van der Waals surface area contributed by atoms with Crippen molar-refractivity contribution in [1.82, 2.24) is 15.8 Å². The van der Waals surface area contributed by atoms with Crippen molar-refractivity contribution < 1.29 is 14.3 Å². The number of hydrogen-bond donors (Lipinski definition) is 2. The molecule has 0 aliphatic rings. The summed E-state index contributed by atoms with van der Waals surface area (Å²) in [5.74, 6) is -0.107. The summed E-state index contributed by atoms with van der Waals surface area (Å²) >= 11 is 6.00. The summed E-state index contributed by atoms with van der Waals surface area (Å²) in [5.41, 5.74) is 7.42. The first-order valence-corrected chi connectivity index (χ1v) is 8.89. The van der Waals surface area contributed by atoms with Gasteiger partial charge in [-0.1, -0.05) is 23.7 Å². The van der Waals surface area contributed by atoms with Gasteiger partial charge in [0.1, 0.15) is 12.4 Å². The molecule has 2 aromatic carbocycles. The van der Waals surface area contributed by atoms with Gasteiger partial charge in [-0.3, -0.25) is 25.4 Å². The molecule has 3 aromatic rings. The number of aryl methyl sites for hydroxylation is 1. The van der Waals surface area contributed by atoms with Crippen LogP contribution < -0.4 is 15.6 Å². The average Bonchev–Trinajstić information content (AvgIpc) is 2.73. The number of aromatic nitrogens is 1. The van der Waals surface area contributed by atoms with Crippen LogP contribution in [0, 0.1) is 6.92 Å². The summed E-state index contributed by atoms with van der Waals surface area (Å²) in [6, 6.07) is 15.5. The highest BCUT2D eigenvalue weighted by atomic mass is 35.5. The fraction of sp³-hybridized carbons (Fsp3) is 0.0952. The Morgan fingerprint density at radius 2 is 1.54 bits per heavy atom. The first-order chi connectivity index (χ1) is 13.5. The maximum atomic E-state index is 12.2. The van der Waals surface area contributed by atoms with Crippen molar-refractivity contribution >= 4 is 23.4 Å². The van der Waals surface area contributed by atoms with Gasteiger partial charge in [0.05, 0.1) is 0 Å². The van der Waals surface area contributed by atoms with E-state index in [0.717, 1.165) is 16.9 Å². The molecule has 0 bridgehead atoms. The SMILES string of the molecule is Cc1cc(OCc2ccc(C(=O)NNC(=O)c3ccncc3)cc2)ccc1Cl. The third-order valence-electron chi connectivity index (χ3n) is 3.98. The highest BCUT2D eigenvalue weighted by Crippen LogP contribution is 2.21. The van der Waals surface area contributed by atoms with Gasteiger partial charge >= 0.3 is 0 Å². The number of rotatable bonds is 5. The molecule has 2 amide bonds. The smallest absolute Gasteiger partial charge is 0.269 e. The van der Waals surface area contributed by atoms with Crippen LogP contribution in [0.1, 0.15) is 31.8 Å². The second kappa shape index (κ2) is 9.01. The molecule has 0 aliphatic heterocycles. The number of halogens is 1. The van der Waals surface area contributed by atoms with Crippen molar-refractivity contribution in [1.29, 1.82) is 0 Å². The Hall–Kier alpha value is -3.38. The second-order valence-electron chi connectivity index (χ2n) is 6.04. The Morgan fingerprint density at radius 1 is 0.929 bits per heavy atom. The Balaban J connectivity index is 1.52. The molecule has 6 nitrogen and oxygen atoms in total. The molecule has 0 fully saturated rings. The third-order valence-corrected chi connectivity index (χ3v) is 4.41. The van der Waals surface area contributed by atoms with E-state index in [1.165, 1.54) is 12.4 Å². The molecule has 0 saturated carbocycles. The van der Waals surface area contributed by atoms with Crippen molar-refractivity contribution in [3.8, 4) is 5.75 Å². The van der Waals surface area contributed by atoms with Crippen molar-refractivity contribution in [3.05, 3.63) is 94.3 Å². The van der Waals surface area contributed by atoms with Crippen LogP contribution in [0.3, 0.4) is 0 Å². The lowest BCUT2D eigenvalue weighted by molar-refractivity contribution is 0.0846. The summed E-state index contributed by atoms with van der Waals surface area (Å²) in [5, 5.41) is 0.693. The molecule has 2 N–H and O–H groups in total. The standard InChI is InChI=1S/C21H18ClN3O3/c1-14-12-18(6-7-19(14)22)28-13-15-2-4-16(5-3-15)20(26)24-25-21(27)17-8-10-23-11-9-17/h2-12H,13H2,1H3,(H,24,26)(H,25,27). The lowest BCUT2D eigenvalue weighted by Gasteiger charge is -2.09. The quantitative estimate of drug-likeness (QED) is 0.645. The number of ether oxygens (including phenoxy) is 1. The van der Waals surface area contributed by atoms with Crippen molar-refractivity contribution in [2.45, 2.75) is 13.5 Å². The fourth-order valence-corrected chi connectivity index (χ4v) is 2.50. The number of carbonyl (C=O) groups is 2. The molecule has 0 aliphatic carbocycles. The molecule has 0 saturated heterocycles. The van der Waals surface area contributed by atoms with Gasteiger partial charge in [-0.25, -0.2) is 0 Å². The van der Waals surface area contributed by atoms with Crippen LogP contribution in [0.25, 0.3) is 0 Å². The Labute approximate surface area is 167 Å². The maximum absolute atomic E-state index is 12.2. The van der Waals surface area contributed by atoms with Gasteiger partial charge in [0.25, 0.3) is 11.8 Å². The molecule has 0 unspecified atom stereocenters. The lowest BCUT2D eigenvalue weighted by Crippen LogP contribution is -2.41. The normalized spacial score (nSPS) is 10.2. The zero-order valence-corrected chi connectivity index (χ0v) is 15.9. The predicted molar refractivity (Wildman–Crippen MR) is 106 cm³/mol. The maximum Gasteiger partial charge on any atom is 0.269 e. The van der Waals surface area contributed by atoms with Crippen LogP contribution in [0.2, 0.25) is 5.02 Å². The first-order valence-electron chi connectivity index (χ1n) is 8.51. The molecule has 0 spiro atoms. The molecular weight excluding hydrogens is 378 g/mol. The Bertz CT molecular complexity index is 976. The van der Waals surface area contributed by atoms with Crippen LogP contribution >= 0.6 is 11.6 Å². The highest BCUT2D eigenvalue weighted by Gasteiger charge is 2.09. The summed E-state index contributed by atoms with van der Waals surface area (Å²) in [6.45, 7) is 2.28. The topological polar surface area (TPSA) is 80.3 Å². The number of pyridine rings is 1. The van der Waals surface area contributed by atoms with E-state index >= 15 is 0 Å². The van der Waals surface area contributed by atoms with E-state index in [1.807, 2.05) is 19.1 Å². The van der Waals surface area contributed by atoms with Crippen LogP contribution in [0.15, 0.2) is 67.0 Å². The van der Waals surface area contributed by atoms with Crippen LogP contribution in [0.4, 0.5) is 0 Å². The third kappa shape index (κ3) is 5.08. The molecule has 1 aromatic heterocycles. The van der Waals surface area contributed by atoms with Crippen LogP contribution in [-0.2, 0) is 6.61 Å². The van der Waals surface area contributed by atoms with Crippen molar-refractivity contribution in [2.75, 3.05) is 0 Å². The van der Waals surface area contributed by atoms with Crippen LogP contribution in [-0.4, -0.2) is 16.8 Å². The molecule has 7 heteroatoms. The monoisotopic (exact) mass is 395 g/mol. The molecular formula is C21H18ClN3O3. The number of hydrogen-bond acceptors (Lipinski definition) is 4. The zero-order chi connectivity index (χ0) is 19.9. The molecule has 0 atom stereocenters. The fourth-order valence-electron chi connectivity index (χ4n) is 2.39. The minimum atomic E-state index is -0.418. The average molecular weight is 396 g/mol. The van der Waals surface area contributed by atoms with Gasteiger partial charge in [-0.2, -0.15) is 0 Å². The van der Waals surface area contributed by atoms with E-state index < -0.39 is 11.8 Å². The predicted octanol–water partition coefficient (Wildman–Crippen LogP) is 3.70. The van der Waals surface area contributed by atoms with E-state index in [4.69, 9.17) is 16.3 Å². The van der Waals surface area contributed by atoms with Gasteiger partial charge < -0.3 is 4.74 Å². The number of carbonyl (C=O) groups excluding carboxylic acids is 2. The number of benzene rings is 2. The van der Waals surface area contributed by atoms with Gasteiger partial charge in [-0.05, 0) is 60.5 Å². The summed E-state index contributed by atoms with van der Waals surface area (Å²) in [4.78, 5) is 27.9. The first kappa shape index (κ1) is 19.4. The van der Waals surface area contributed by atoms with Gasteiger partial charge in [0.2, 0.25) is 0 Å². The Kier molecular flexibility index (Phi) is 6.24. The zero-order valence-electron chi connectivity index (χ0n) is 15.1. The van der Waals surface area contributed by atoms with E-state index in [1.54, 1.807) is 42.5 Å². The minimum absolute atomic E-state index is 0.363. The van der Waals surface area contributed by atoms with Crippen molar-refractivity contribution in [2.24, 2.45) is 0 Å². The summed E-state index contributed by atoms with van der Waals surface area (Å²) < 4.78 is 5.73. The summed E-state index contributed by atoms with van der Waals surface area (Å²) in [7, 11) is 0. The second-order valence-corrected chi connectivity index (χ2v) is 6.45. The number of nitrogens with one attached hydrogen (secondary N) is 2. The largest absolute Gasteiger partial charge is 0.489 e. The molecule has 3 rings (SSSR count). The van der Waals surface area contributed by atoms with E-state index in [2.05, 4.69) is 15.8 Å². The molecule has 28 heavy (non-hydrogen) atoms. The van der Waals surface area contributed by atoms with E-state index in [0.29, 0.717) is 22.8 Å². The van der Waals surface area contributed by atoms with Crippen molar-refractivity contribution in [3.63, 3.8) is 0 Å². The Morgan fingerprint density at radius 3 is 2.14 bits per heavy atom. The van der Waals surface area contributed by atoms with E-state index in [-0.39, 0.29) is 0 Å². The van der Waals surface area contributed by atoms with Gasteiger partial charge in [0, 0.05) is 28.5 Å². The number of amides is 2. The van der Waals surface area contributed by atoms with Gasteiger partial charge in [-0.15, -0.1) is 0 Å². The summed E-state index contributed by atoms with van der Waals surface area (Å²) in [6.07, 6.45) is 3.01. The number of nitrogens with zero attached hydrogens (tertiary/aromatic N) is 1. The molecule has 0 radical (unpaired) electrons. The minimum Gasteiger partial charge on any atom is -0.489 e. The molecule has 1 heterocycles.